The van der Waals surface area contributed by atoms with Crippen LogP contribution in [0.4, 0.5) is 0 Å². The third-order valence-corrected chi connectivity index (χ3v) is 5.51. The number of nitrogens with zero attached hydrogens (tertiary/aromatic N) is 4. The van der Waals surface area contributed by atoms with Gasteiger partial charge in [0.05, 0.1) is 6.54 Å². The van der Waals surface area contributed by atoms with Crippen molar-refractivity contribution in [1.82, 2.24) is 18.7 Å². The Hall–Kier alpha value is -2.46. The molecule has 0 fully saturated rings. The molecule has 0 aliphatic rings. The average Bonchev–Trinajstić information content (AvgIpc) is 2.94. The summed E-state index contributed by atoms with van der Waals surface area (Å²) in [6.07, 6.45) is 0. The third kappa shape index (κ3) is 2.79. The predicted octanol–water partition coefficient (Wildman–Crippen LogP) is 2.11. The first kappa shape index (κ1) is 17.9. The van der Waals surface area contributed by atoms with Crippen molar-refractivity contribution in [1.29, 1.82) is 0 Å². The minimum atomic E-state index is -0.485. The van der Waals surface area contributed by atoms with E-state index in [-0.39, 0.29) is 12.1 Å². The lowest BCUT2D eigenvalue weighted by Crippen LogP contribution is -2.37. The Morgan fingerprint density at radius 3 is 2.56 bits per heavy atom. The van der Waals surface area contributed by atoms with Gasteiger partial charge in [-0.25, -0.2) is 14.6 Å². The van der Waals surface area contributed by atoms with E-state index in [1.165, 1.54) is 17.7 Å². The van der Waals surface area contributed by atoms with Crippen molar-refractivity contribution in [2.45, 2.75) is 6.54 Å². The van der Waals surface area contributed by atoms with E-state index in [1.807, 2.05) is 12.1 Å². The summed E-state index contributed by atoms with van der Waals surface area (Å²) in [6, 6.07) is 6.79. The van der Waals surface area contributed by atoms with Crippen LogP contribution in [0.1, 0.15) is 5.56 Å². The van der Waals surface area contributed by atoms with Crippen LogP contribution >= 0.6 is 31.9 Å². The summed E-state index contributed by atoms with van der Waals surface area (Å²) in [4.78, 5) is 41.0. The lowest BCUT2D eigenvalue weighted by molar-refractivity contribution is 0.557. The van der Waals surface area contributed by atoms with Gasteiger partial charge in [-0.2, -0.15) is 0 Å². The maximum atomic E-state index is 12.4. The Balaban J connectivity index is 2.02. The fourth-order valence-electron chi connectivity index (χ4n) is 3.11. The first-order chi connectivity index (χ1) is 12.8. The molecule has 0 atom stereocenters. The van der Waals surface area contributed by atoms with Crippen LogP contribution in [0.15, 0.2) is 52.3 Å². The maximum absolute atomic E-state index is 12.4. The lowest BCUT2D eigenvalue weighted by Gasteiger charge is -2.11. The molecule has 27 heavy (non-hydrogen) atoms. The number of imidazole rings is 1. The van der Waals surface area contributed by atoms with Crippen molar-refractivity contribution in [2.75, 3.05) is 0 Å². The molecule has 4 rings (SSSR count). The van der Waals surface area contributed by atoms with E-state index in [9.17, 15) is 14.4 Å². The third-order valence-electron chi connectivity index (χ3n) is 4.41. The number of halogens is 2. The molecule has 0 bridgehead atoms. The van der Waals surface area contributed by atoms with Crippen LogP contribution in [0.25, 0.3) is 22.1 Å². The predicted molar refractivity (Wildman–Crippen MR) is 107 cm³/mol. The Kier molecular flexibility index (Phi) is 4.19. The van der Waals surface area contributed by atoms with Crippen molar-refractivity contribution in [2.24, 2.45) is 14.1 Å². The number of benzene rings is 1. The van der Waals surface area contributed by atoms with E-state index in [4.69, 9.17) is 4.42 Å². The molecule has 0 aliphatic heterocycles. The highest BCUT2D eigenvalue weighted by atomic mass is 79.9. The minimum Gasteiger partial charge on any atom is -0.423 e. The summed E-state index contributed by atoms with van der Waals surface area (Å²) in [5, 5.41) is 0.750. The Morgan fingerprint density at radius 2 is 1.81 bits per heavy atom. The smallest absolute Gasteiger partial charge is 0.336 e. The van der Waals surface area contributed by atoms with Gasteiger partial charge in [0.25, 0.3) is 5.56 Å². The molecule has 4 aromatic rings. The molecule has 0 saturated heterocycles. The largest absolute Gasteiger partial charge is 0.423 e. The average molecular weight is 496 g/mol. The summed E-state index contributed by atoms with van der Waals surface area (Å²) < 4.78 is 10.5. The monoisotopic (exact) mass is 494 g/mol. The molecule has 10 heteroatoms. The summed E-state index contributed by atoms with van der Waals surface area (Å²) >= 11 is 6.72. The highest BCUT2D eigenvalue weighted by molar-refractivity contribution is 9.10. The van der Waals surface area contributed by atoms with Gasteiger partial charge in [-0.1, -0.05) is 15.9 Å². The first-order valence-corrected chi connectivity index (χ1v) is 9.40. The van der Waals surface area contributed by atoms with Crippen molar-refractivity contribution in [3.8, 4) is 0 Å². The fourth-order valence-corrected chi connectivity index (χ4v) is 3.92. The molecule has 0 radical (unpaired) electrons. The number of aryl methyl sites for hydroxylation is 1. The number of rotatable bonds is 2. The molecule has 0 saturated carbocycles. The fraction of sp³-hybridized carbons (Fsp3) is 0.176. The number of aromatic nitrogens is 4. The van der Waals surface area contributed by atoms with Crippen molar-refractivity contribution in [3.05, 3.63) is 70.3 Å². The number of hydrogen-bond donors (Lipinski definition) is 0. The molecule has 0 spiro atoms. The molecular formula is C17H12Br2N4O4. The highest BCUT2D eigenvalue weighted by Gasteiger charge is 2.19. The molecule has 0 amide bonds. The second-order valence-corrected chi connectivity index (χ2v) is 7.70. The van der Waals surface area contributed by atoms with Gasteiger partial charge in [-0.05, 0) is 39.7 Å². The van der Waals surface area contributed by atoms with Gasteiger partial charge in [-0.15, -0.1) is 0 Å². The van der Waals surface area contributed by atoms with Gasteiger partial charge >= 0.3 is 11.3 Å². The van der Waals surface area contributed by atoms with E-state index >= 15 is 0 Å². The van der Waals surface area contributed by atoms with Crippen LogP contribution in [0.2, 0.25) is 0 Å². The first-order valence-electron chi connectivity index (χ1n) is 7.82. The Labute approximate surface area is 167 Å². The van der Waals surface area contributed by atoms with Gasteiger partial charge in [0, 0.05) is 30.0 Å². The van der Waals surface area contributed by atoms with Crippen LogP contribution < -0.4 is 16.9 Å². The summed E-state index contributed by atoms with van der Waals surface area (Å²) in [6.45, 7) is 0.223. The van der Waals surface area contributed by atoms with Gasteiger partial charge in [0.2, 0.25) is 0 Å². The van der Waals surface area contributed by atoms with Gasteiger partial charge in [-0.3, -0.25) is 18.5 Å². The summed E-state index contributed by atoms with van der Waals surface area (Å²) in [5.74, 6) is 0. The van der Waals surface area contributed by atoms with Crippen LogP contribution in [0.3, 0.4) is 0 Å². The van der Waals surface area contributed by atoms with Gasteiger partial charge < -0.3 is 4.42 Å². The van der Waals surface area contributed by atoms with E-state index in [0.29, 0.717) is 21.5 Å². The molecule has 8 nitrogen and oxygen atoms in total. The van der Waals surface area contributed by atoms with Crippen molar-refractivity contribution in [3.63, 3.8) is 0 Å². The zero-order valence-corrected chi connectivity index (χ0v) is 17.4. The van der Waals surface area contributed by atoms with E-state index < -0.39 is 16.9 Å². The lowest BCUT2D eigenvalue weighted by atomic mass is 10.1. The maximum Gasteiger partial charge on any atom is 0.336 e. The van der Waals surface area contributed by atoms with Gasteiger partial charge in [0.15, 0.2) is 15.9 Å². The zero-order chi connectivity index (χ0) is 19.5. The van der Waals surface area contributed by atoms with Crippen LogP contribution in [0, 0.1) is 0 Å². The second kappa shape index (κ2) is 6.31. The SMILES string of the molecule is Cn1c(=O)c2nc(Br)n(Cc3cc(=O)oc4cc(Br)ccc34)c2n(C)c1=O. The quantitative estimate of drug-likeness (QED) is 0.313. The van der Waals surface area contributed by atoms with Crippen LogP contribution in [-0.4, -0.2) is 18.7 Å². The second-order valence-electron chi connectivity index (χ2n) is 6.08. The zero-order valence-electron chi connectivity index (χ0n) is 14.2. The molecule has 138 valence electrons. The standard InChI is InChI=1S/C17H12Br2N4O4/c1-21-14-13(15(25)22(2)17(21)26)20-16(19)23(14)7-8-5-12(24)27-11-6-9(18)3-4-10(8)11/h3-6H,7H2,1-2H3. The van der Waals surface area contributed by atoms with Crippen LogP contribution in [-0.2, 0) is 20.6 Å². The topological polar surface area (TPSA) is 92.0 Å². The number of fused-ring (bicyclic) bond motifs is 2. The van der Waals surface area contributed by atoms with Crippen molar-refractivity contribution < 1.29 is 4.42 Å². The molecule has 0 aliphatic carbocycles. The molecule has 3 heterocycles. The normalized spacial score (nSPS) is 11.6. The van der Waals surface area contributed by atoms with E-state index in [1.54, 1.807) is 17.7 Å². The van der Waals surface area contributed by atoms with Gasteiger partial charge in [0.1, 0.15) is 5.58 Å². The van der Waals surface area contributed by atoms with Crippen LogP contribution in [0.5, 0.6) is 0 Å². The molecule has 3 aromatic heterocycles. The minimum absolute atomic E-state index is 0.168. The summed E-state index contributed by atoms with van der Waals surface area (Å²) in [7, 11) is 2.98. The van der Waals surface area contributed by atoms with E-state index in [0.717, 1.165) is 14.4 Å². The Bertz CT molecular complexity index is 1410. The molecule has 0 unspecified atom stereocenters. The molecule has 0 N–H and O–H groups in total. The number of hydrogen-bond acceptors (Lipinski definition) is 5. The highest BCUT2D eigenvalue weighted by Crippen LogP contribution is 2.24. The Morgan fingerprint density at radius 1 is 1.07 bits per heavy atom. The van der Waals surface area contributed by atoms with E-state index in [2.05, 4.69) is 36.8 Å². The molecular weight excluding hydrogens is 484 g/mol. The summed E-state index contributed by atoms with van der Waals surface area (Å²) in [5.41, 5.74) is 0.242. The van der Waals surface area contributed by atoms with Crippen molar-refractivity contribution >= 4 is 54.0 Å². The molecule has 1 aromatic carbocycles.